The zero-order valence-corrected chi connectivity index (χ0v) is 10.8. The van der Waals surface area contributed by atoms with E-state index in [4.69, 9.17) is 0 Å². The highest BCUT2D eigenvalue weighted by Crippen LogP contribution is 2.27. The molecule has 1 atom stereocenters. The number of sulfonamides is 1. The van der Waals surface area contributed by atoms with E-state index in [0.29, 0.717) is 12.1 Å². The molecule has 0 radical (unpaired) electrons. The predicted molar refractivity (Wildman–Crippen MR) is 63.7 cm³/mol. The minimum atomic E-state index is -3.47. The van der Waals surface area contributed by atoms with Crippen LogP contribution in [-0.4, -0.2) is 25.3 Å². The highest BCUT2D eigenvalue weighted by molar-refractivity contribution is 7.89. The maximum atomic E-state index is 13.0. The van der Waals surface area contributed by atoms with E-state index in [1.54, 1.807) is 6.92 Å². The van der Waals surface area contributed by atoms with E-state index in [9.17, 15) is 12.8 Å². The maximum absolute atomic E-state index is 13.0. The first-order valence-corrected chi connectivity index (χ1v) is 7.15. The van der Waals surface area contributed by atoms with Gasteiger partial charge in [-0.25, -0.2) is 12.8 Å². The Morgan fingerprint density at radius 2 is 2.12 bits per heavy atom. The van der Waals surface area contributed by atoms with E-state index in [-0.39, 0.29) is 10.9 Å². The first-order valence-electron chi connectivity index (χ1n) is 5.71. The molecule has 0 N–H and O–H groups in total. The summed E-state index contributed by atoms with van der Waals surface area (Å²) in [6.07, 6.45) is 1.78. The van der Waals surface area contributed by atoms with Crippen molar-refractivity contribution in [2.45, 2.75) is 37.6 Å². The van der Waals surface area contributed by atoms with Crippen LogP contribution in [-0.2, 0) is 10.0 Å². The van der Waals surface area contributed by atoms with Gasteiger partial charge in [-0.1, -0.05) is 0 Å². The van der Waals surface area contributed by atoms with Gasteiger partial charge in [0.25, 0.3) is 0 Å². The highest BCUT2D eigenvalue weighted by Gasteiger charge is 2.33. The molecule has 17 heavy (non-hydrogen) atoms. The topological polar surface area (TPSA) is 37.4 Å². The molecule has 1 aliphatic heterocycles. The van der Waals surface area contributed by atoms with Gasteiger partial charge in [0, 0.05) is 12.6 Å². The van der Waals surface area contributed by atoms with Crippen LogP contribution >= 0.6 is 0 Å². The van der Waals surface area contributed by atoms with Gasteiger partial charge in [-0.3, -0.25) is 0 Å². The lowest BCUT2D eigenvalue weighted by Crippen LogP contribution is -2.34. The molecule has 0 amide bonds. The van der Waals surface area contributed by atoms with Crippen LogP contribution in [0.25, 0.3) is 0 Å². The summed E-state index contributed by atoms with van der Waals surface area (Å²) in [5.41, 5.74) is 0.462. The SMILES string of the molecule is Cc1cc(F)ccc1S(=O)(=O)N1CCCC1C. The smallest absolute Gasteiger partial charge is 0.207 e. The lowest BCUT2D eigenvalue weighted by Gasteiger charge is -2.21. The maximum Gasteiger partial charge on any atom is 0.243 e. The van der Waals surface area contributed by atoms with Crippen molar-refractivity contribution in [1.82, 2.24) is 4.31 Å². The summed E-state index contributed by atoms with van der Waals surface area (Å²) in [6.45, 7) is 4.08. The summed E-state index contributed by atoms with van der Waals surface area (Å²) in [6, 6.07) is 3.84. The van der Waals surface area contributed by atoms with Gasteiger partial charge in [0.1, 0.15) is 5.82 Å². The van der Waals surface area contributed by atoms with Crippen molar-refractivity contribution in [2.75, 3.05) is 6.54 Å². The third kappa shape index (κ3) is 2.21. The monoisotopic (exact) mass is 257 g/mol. The average Bonchev–Trinajstić information content (AvgIpc) is 2.64. The fraction of sp³-hybridized carbons (Fsp3) is 0.500. The predicted octanol–water partition coefficient (Wildman–Crippen LogP) is 2.31. The standard InChI is InChI=1S/C12H16FNO2S/c1-9-8-11(13)5-6-12(9)17(15,16)14-7-3-4-10(14)2/h5-6,8,10H,3-4,7H2,1-2H3. The lowest BCUT2D eigenvalue weighted by atomic mass is 10.2. The Morgan fingerprint density at radius 3 is 2.65 bits per heavy atom. The molecule has 2 rings (SSSR count). The van der Waals surface area contributed by atoms with Crippen molar-refractivity contribution in [3.8, 4) is 0 Å². The molecular formula is C12H16FNO2S. The zero-order valence-electron chi connectivity index (χ0n) is 9.98. The second kappa shape index (κ2) is 4.38. The third-order valence-corrected chi connectivity index (χ3v) is 5.39. The van der Waals surface area contributed by atoms with Gasteiger partial charge in [-0.2, -0.15) is 4.31 Å². The second-order valence-electron chi connectivity index (χ2n) is 4.52. The van der Waals surface area contributed by atoms with Gasteiger partial charge >= 0.3 is 0 Å². The van der Waals surface area contributed by atoms with Gasteiger partial charge < -0.3 is 0 Å². The molecule has 1 aromatic rings. The van der Waals surface area contributed by atoms with Crippen molar-refractivity contribution < 1.29 is 12.8 Å². The van der Waals surface area contributed by atoms with Gasteiger partial charge in [0.15, 0.2) is 0 Å². The number of halogens is 1. The first-order chi connectivity index (χ1) is 7.93. The molecule has 94 valence electrons. The normalized spacial score (nSPS) is 21.9. The molecule has 0 bridgehead atoms. The quantitative estimate of drug-likeness (QED) is 0.815. The summed E-state index contributed by atoms with van der Waals surface area (Å²) in [5.74, 6) is -0.407. The number of hydrogen-bond donors (Lipinski definition) is 0. The van der Waals surface area contributed by atoms with E-state index in [0.717, 1.165) is 12.8 Å². The molecule has 0 aliphatic carbocycles. The van der Waals surface area contributed by atoms with Crippen molar-refractivity contribution in [2.24, 2.45) is 0 Å². The Morgan fingerprint density at radius 1 is 1.41 bits per heavy atom. The van der Waals surface area contributed by atoms with E-state index >= 15 is 0 Å². The molecule has 0 spiro atoms. The Kier molecular flexibility index (Phi) is 3.23. The lowest BCUT2D eigenvalue weighted by molar-refractivity contribution is 0.408. The summed E-state index contributed by atoms with van der Waals surface area (Å²) in [5, 5.41) is 0. The summed E-state index contributed by atoms with van der Waals surface area (Å²) < 4.78 is 39.2. The van der Waals surface area contributed by atoms with Crippen LogP contribution in [0.5, 0.6) is 0 Å². The van der Waals surface area contributed by atoms with E-state index in [1.165, 1.54) is 22.5 Å². The fourth-order valence-corrected chi connectivity index (χ4v) is 4.20. The molecule has 1 aromatic carbocycles. The summed E-state index contributed by atoms with van der Waals surface area (Å²) in [4.78, 5) is 0.215. The minimum Gasteiger partial charge on any atom is -0.207 e. The average molecular weight is 257 g/mol. The largest absolute Gasteiger partial charge is 0.243 e. The molecule has 1 saturated heterocycles. The van der Waals surface area contributed by atoms with Crippen LogP contribution in [0.2, 0.25) is 0 Å². The van der Waals surface area contributed by atoms with Crippen molar-refractivity contribution in [1.29, 1.82) is 0 Å². The Labute approximate surface area is 101 Å². The fourth-order valence-electron chi connectivity index (χ4n) is 2.29. The van der Waals surface area contributed by atoms with Gasteiger partial charge in [-0.15, -0.1) is 0 Å². The summed E-state index contributed by atoms with van der Waals surface area (Å²) >= 11 is 0. The molecule has 1 unspecified atom stereocenters. The van der Waals surface area contributed by atoms with E-state index < -0.39 is 15.8 Å². The van der Waals surface area contributed by atoms with E-state index in [2.05, 4.69) is 0 Å². The van der Waals surface area contributed by atoms with Gasteiger partial charge in [-0.05, 0) is 50.5 Å². The molecule has 5 heteroatoms. The zero-order chi connectivity index (χ0) is 12.6. The first kappa shape index (κ1) is 12.5. The molecule has 1 aliphatic rings. The summed E-state index contributed by atoms with van der Waals surface area (Å²) in [7, 11) is -3.47. The van der Waals surface area contributed by atoms with Crippen LogP contribution < -0.4 is 0 Å². The van der Waals surface area contributed by atoms with Crippen LogP contribution in [0.3, 0.4) is 0 Å². The molecular weight excluding hydrogens is 241 g/mol. The van der Waals surface area contributed by atoms with Crippen molar-refractivity contribution >= 4 is 10.0 Å². The third-order valence-electron chi connectivity index (χ3n) is 3.22. The number of nitrogens with zero attached hydrogens (tertiary/aromatic N) is 1. The van der Waals surface area contributed by atoms with E-state index in [1.807, 2.05) is 6.92 Å². The highest BCUT2D eigenvalue weighted by atomic mass is 32.2. The van der Waals surface area contributed by atoms with Gasteiger partial charge in [0.05, 0.1) is 4.90 Å². The second-order valence-corrected chi connectivity index (χ2v) is 6.38. The van der Waals surface area contributed by atoms with Crippen molar-refractivity contribution in [3.05, 3.63) is 29.6 Å². The van der Waals surface area contributed by atoms with Crippen LogP contribution in [0.15, 0.2) is 23.1 Å². The Bertz CT molecular complexity index is 527. The number of rotatable bonds is 2. The molecule has 1 heterocycles. The molecule has 0 aromatic heterocycles. The number of aryl methyl sites for hydroxylation is 1. The molecule has 1 fully saturated rings. The van der Waals surface area contributed by atoms with Crippen LogP contribution in [0.1, 0.15) is 25.3 Å². The minimum absolute atomic E-state index is 0.0319. The number of hydrogen-bond acceptors (Lipinski definition) is 2. The Balaban J connectivity index is 2.44. The molecule has 3 nitrogen and oxygen atoms in total. The Hall–Kier alpha value is -0.940. The van der Waals surface area contributed by atoms with Crippen molar-refractivity contribution in [3.63, 3.8) is 0 Å². The van der Waals surface area contributed by atoms with Crippen LogP contribution in [0.4, 0.5) is 4.39 Å². The molecule has 0 saturated carbocycles. The van der Waals surface area contributed by atoms with Gasteiger partial charge in [0.2, 0.25) is 10.0 Å². The van der Waals surface area contributed by atoms with Crippen LogP contribution in [0, 0.1) is 12.7 Å². The number of benzene rings is 1.